The molecular formula is C14H17NO5S. The number of carbonyl (C=O) groups excluding carboxylic acids is 1. The molecule has 1 saturated heterocycles. The highest BCUT2D eigenvalue weighted by Crippen LogP contribution is 2.18. The molecule has 1 aromatic rings. The average molecular weight is 311 g/mol. The number of rotatable bonds is 5. The highest BCUT2D eigenvalue weighted by molar-refractivity contribution is 7.91. The fourth-order valence-electron chi connectivity index (χ4n) is 2.29. The Bertz CT molecular complexity index is 636. The minimum atomic E-state index is -3.05. The number of carbonyl (C=O) groups is 2. The van der Waals surface area contributed by atoms with Gasteiger partial charge in [0.25, 0.3) is 0 Å². The third kappa shape index (κ3) is 4.29. The minimum absolute atomic E-state index is 0.0634. The SMILES string of the molecule is O=C(O)c1ccc(CCNC(=O)C2CCS(=O)(=O)C2)cc1. The number of hydrogen-bond acceptors (Lipinski definition) is 4. The molecule has 1 unspecified atom stereocenters. The quantitative estimate of drug-likeness (QED) is 0.823. The molecule has 0 aromatic heterocycles. The molecule has 1 heterocycles. The van der Waals surface area contributed by atoms with Gasteiger partial charge in [-0.25, -0.2) is 13.2 Å². The smallest absolute Gasteiger partial charge is 0.335 e. The van der Waals surface area contributed by atoms with Crippen molar-refractivity contribution in [3.63, 3.8) is 0 Å². The first-order chi connectivity index (χ1) is 9.87. The summed E-state index contributed by atoms with van der Waals surface area (Å²) in [6.45, 7) is 0.405. The van der Waals surface area contributed by atoms with Crippen LogP contribution in [0.15, 0.2) is 24.3 Å². The lowest BCUT2D eigenvalue weighted by Gasteiger charge is -2.09. The zero-order valence-electron chi connectivity index (χ0n) is 11.4. The molecule has 7 heteroatoms. The molecule has 1 atom stereocenters. The van der Waals surface area contributed by atoms with Crippen LogP contribution < -0.4 is 5.32 Å². The summed E-state index contributed by atoms with van der Waals surface area (Å²) in [6, 6.07) is 6.44. The van der Waals surface area contributed by atoms with Crippen molar-refractivity contribution in [2.45, 2.75) is 12.8 Å². The van der Waals surface area contributed by atoms with Crippen LogP contribution >= 0.6 is 0 Å². The summed E-state index contributed by atoms with van der Waals surface area (Å²) in [6.07, 6.45) is 0.965. The van der Waals surface area contributed by atoms with Gasteiger partial charge in [-0.2, -0.15) is 0 Å². The number of amides is 1. The van der Waals surface area contributed by atoms with E-state index in [1.165, 1.54) is 12.1 Å². The topological polar surface area (TPSA) is 101 Å². The lowest BCUT2D eigenvalue weighted by Crippen LogP contribution is -2.32. The highest BCUT2D eigenvalue weighted by Gasteiger charge is 2.32. The van der Waals surface area contributed by atoms with Crippen molar-refractivity contribution in [1.82, 2.24) is 5.32 Å². The summed E-state index contributed by atoms with van der Waals surface area (Å²) in [5, 5.41) is 11.5. The molecule has 0 radical (unpaired) electrons. The predicted molar refractivity (Wildman–Crippen MR) is 76.9 cm³/mol. The van der Waals surface area contributed by atoms with E-state index in [1.54, 1.807) is 12.1 Å². The summed E-state index contributed by atoms with van der Waals surface area (Å²) >= 11 is 0. The monoisotopic (exact) mass is 311 g/mol. The number of carboxylic acid groups (broad SMARTS) is 1. The Morgan fingerprint density at radius 3 is 2.43 bits per heavy atom. The Labute approximate surface area is 123 Å². The van der Waals surface area contributed by atoms with E-state index in [0.29, 0.717) is 19.4 Å². The summed E-state index contributed by atoms with van der Waals surface area (Å²) in [5.74, 6) is -1.62. The Kier molecular flexibility index (Phi) is 4.62. The molecular weight excluding hydrogens is 294 g/mol. The van der Waals surface area contributed by atoms with Gasteiger partial charge in [0.15, 0.2) is 9.84 Å². The second kappa shape index (κ2) is 6.26. The summed E-state index contributed by atoms with van der Waals surface area (Å²) in [5.41, 5.74) is 1.14. The standard InChI is InChI=1S/C14H17NO5S/c16-13(12-6-8-21(19,20)9-12)15-7-5-10-1-3-11(4-2-10)14(17)18/h1-4,12H,5-9H2,(H,15,16)(H,17,18). The molecule has 0 aliphatic carbocycles. The van der Waals surface area contributed by atoms with Crippen LogP contribution in [-0.4, -0.2) is 43.5 Å². The third-order valence-electron chi connectivity index (χ3n) is 3.52. The van der Waals surface area contributed by atoms with Gasteiger partial charge in [0.1, 0.15) is 0 Å². The molecule has 0 spiro atoms. The van der Waals surface area contributed by atoms with Gasteiger partial charge in [0.05, 0.1) is 23.0 Å². The largest absolute Gasteiger partial charge is 0.478 e. The van der Waals surface area contributed by atoms with Crippen LogP contribution in [0.25, 0.3) is 0 Å². The van der Waals surface area contributed by atoms with Crippen molar-refractivity contribution in [3.8, 4) is 0 Å². The van der Waals surface area contributed by atoms with E-state index in [2.05, 4.69) is 5.32 Å². The maximum Gasteiger partial charge on any atom is 0.335 e. The van der Waals surface area contributed by atoms with Crippen molar-refractivity contribution in [3.05, 3.63) is 35.4 Å². The summed E-state index contributed by atoms with van der Waals surface area (Å²) in [4.78, 5) is 22.5. The Morgan fingerprint density at radius 1 is 1.24 bits per heavy atom. The molecule has 0 saturated carbocycles. The number of nitrogens with one attached hydrogen (secondary N) is 1. The molecule has 1 aromatic carbocycles. The highest BCUT2D eigenvalue weighted by atomic mass is 32.2. The van der Waals surface area contributed by atoms with Gasteiger partial charge in [0, 0.05) is 6.54 Å². The van der Waals surface area contributed by atoms with Crippen molar-refractivity contribution in [2.24, 2.45) is 5.92 Å². The van der Waals surface area contributed by atoms with E-state index in [1.807, 2.05) is 0 Å². The lowest BCUT2D eigenvalue weighted by atomic mass is 10.1. The van der Waals surface area contributed by atoms with Crippen LogP contribution in [0.5, 0.6) is 0 Å². The Balaban J connectivity index is 1.79. The number of sulfone groups is 1. The molecule has 2 rings (SSSR count). The van der Waals surface area contributed by atoms with Crippen molar-refractivity contribution in [2.75, 3.05) is 18.1 Å². The predicted octanol–water partition coefficient (Wildman–Crippen LogP) is 0.478. The Morgan fingerprint density at radius 2 is 1.90 bits per heavy atom. The van der Waals surface area contributed by atoms with Crippen LogP contribution in [0.1, 0.15) is 22.3 Å². The van der Waals surface area contributed by atoms with Crippen molar-refractivity contribution in [1.29, 1.82) is 0 Å². The van der Waals surface area contributed by atoms with Crippen LogP contribution in [0, 0.1) is 5.92 Å². The van der Waals surface area contributed by atoms with E-state index in [0.717, 1.165) is 5.56 Å². The first-order valence-electron chi connectivity index (χ1n) is 6.68. The van der Waals surface area contributed by atoms with Crippen molar-refractivity contribution >= 4 is 21.7 Å². The van der Waals surface area contributed by atoms with Gasteiger partial charge in [-0.05, 0) is 30.5 Å². The first kappa shape index (κ1) is 15.5. The molecule has 1 fully saturated rings. The average Bonchev–Trinajstić information content (AvgIpc) is 2.79. The van der Waals surface area contributed by atoms with Gasteiger partial charge in [-0.1, -0.05) is 12.1 Å². The van der Waals surface area contributed by atoms with E-state index in [-0.39, 0.29) is 23.0 Å². The number of aromatic carboxylic acids is 1. The number of benzene rings is 1. The van der Waals surface area contributed by atoms with Gasteiger partial charge < -0.3 is 10.4 Å². The lowest BCUT2D eigenvalue weighted by molar-refractivity contribution is -0.124. The number of carboxylic acids is 1. The number of hydrogen-bond donors (Lipinski definition) is 2. The minimum Gasteiger partial charge on any atom is -0.478 e. The van der Waals surface area contributed by atoms with E-state index < -0.39 is 21.7 Å². The fraction of sp³-hybridized carbons (Fsp3) is 0.429. The zero-order chi connectivity index (χ0) is 15.5. The molecule has 2 N–H and O–H groups in total. The molecule has 114 valence electrons. The first-order valence-corrected chi connectivity index (χ1v) is 8.50. The van der Waals surface area contributed by atoms with Crippen LogP contribution in [-0.2, 0) is 21.1 Å². The Hall–Kier alpha value is -1.89. The molecule has 0 bridgehead atoms. The van der Waals surface area contributed by atoms with E-state index >= 15 is 0 Å². The van der Waals surface area contributed by atoms with Crippen molar-refractivity contribution < 1.29 is 23.1 Å². The second-order valence-electron chi connectivity index (χ2n) is 5.14. The van der Waals surface area contributed by atoms with Gasteiger partial charge in [-0.3, -0.25) is 4.79 Å². The third-order valence-corrected chi connectivity index (χ3v) is 5.28. The van der Waals surface area contributed by atoms with E-state index in [9.17, 15) is 18.0 Å². The van der Waals surface area contributed by atoms with Gasteiger partial charge >= 0.3 is 5.97 Å². The summed E-state index contributed by atoms with van der Waals surface area (Å²) in [7, 11) is -3.05. The normalized spacial score (nSPS) is 20.1. The molecule has 1 amide bonds. The summed E-state index contributed by atoms with van der Waals surface area (Å²) < 4.78 is 22.6. The maximum atomic E-state index is 11.8. The molecule has 1 aliphatic heterocycles. The molecule has 6 nitrogen and oxygen atoms in total. The maximum absolute atomic E-state index is 11.8. The second-order valence-corrected chi connectivity index (χ2v) is 7.37. The molecule has 1 aliphatic rings. The van der Waals surface area contributed by atoms with Crippen LogP contribution in [0.4, 0.5) is 0 Å². The zero-order valence-corrected chi connectivity index (χ0v) is 12.2. The van der Waals surface area contributed by atoms with E-state index in [4.69, 9.17) is 5.11 Å². The molecule has 21 heavy (non-hydrogen) atoms. The fourth-order valence-corrected chi connectivity index (χ4v) is 4.03. The van der Waals surface area contributed by atoms with Crippen LogP contribution in [0.3, 0.4) is 0 Å². The van der Waals surface area contributed by atoms with Gasteiger partial charge in [-0.15, -0.1) is 0 Å². The van der Waals surface area contributed by atoms with Gasteiger partial charge in [0.2, 0.25) is 5.91 Å². The van der Waals surface area contributed by atoms with Crippen LogP contribution in [0.2, 0.25) is 0 Å².